The molecule has 0 fully saturated rings. The molecular formula is C11H7ClO5S. The quantitative estimate of drug-likeness (QED) is 0.827. The number of halogens is 1. The number of hydrogen-bond donors (Lipinski definition) is 2. The van der Waals surface area contributed by atoms with E-state index in [1.165, 1.54) is 12.1 Å². The fourth-order valence-electron chi connectivity index (χ4n) is 1.68. The maximum atomic E-state index is 11.2. The van der Waals surface area contributed by atoms with Crippen LogP contribution in [0.25, 0.3) is 10.8 Å². The minimum absolute atomic E-state index is 0.196. The van der Waals surface area contributed by atoms with Gasteiger partial charge in [0.25, 0.3) is 10.1 Å². The Morgan fingerprint density at radius 2 is 1.72 bits per heavy atom. The molecule has 0 unspecified atom stereocenters. The molecule has 0 radical (unpaired) electrons. The molecular weight excluding hydrogens is 280 g/mol. The van der Waals surface area contributed by atoms with Crippen molar-refractivity contribution in [3.05, 3.63) is 40.9 Å². The molecule has 2 aromatic carbocycles. The first-order chi connectivity index (χ1) is 8.32. The predicted octanol–water partition coefficient (Wildman–Crippen LogP) is 2.44. The summed E-state index contributed by atoms with van der Waals surface area (Å²) in [6, 6.07) is 7.05. The SMILES string of the molecule is O=C(O)c1cc(S(=O)(=O)O)c(Cl)c2ccccc12. The van der Waals surface area contributed by atoms with Gasteiger partial charge in [0, 0.05) is 5.39 Å². The molecule has 2 aromatic rings. The van der Waals surface area contributed by atoms with Gasteiger partial charge in [0.15, 0.2) is 0 Å². The van der Waals surface area contributed by atoms with Gasteiger partial charge in [-0.2, -0.15) is 8.42 Å². The first-order valence-corrected chi connectivity index (χ1v) is 6.56. The van der Waals surface area contributed by atoms with Crippen LogP contribution in [0.2, 0.25) is 5.02 Å². The summed E-state index contributed by atoms with van der Waals surface area (Å²) in [5.41, 5.74) is -0.234. The summed E-state index contributed by atoms with van der Waals surface area (Å²) in [7, 11) is -4.58. The van der Waals surface area contributed by atoms with Crippen LogP contribution in [0, 0.1) is 0 Å². The Kier molecular flexibility index (Phi) is 3.02. The fraction of sp³-hybridized carbons (Fsp3) is 0. The van der Waals surface area contributed by atoms with Gasteiger partial charge in [-0.25, -0.2) is 4.79 Å². The van der Waals surface area contributed by atoms with Gasteiger partial charge in [-0.3, -0.25) is 4.55 Å². The Morgan fingerprint density at radius 3 is 2.22 bits per heavy atom. The van der Waals surface area contributed by atoms with Gasteiger partial charge in [-0.05, 0) is 11.5 Å². The number of aromatic carboxylic acids is 1. The summed E-state index contributed by atoms with van der Waals surface area (Å²) >= 11 is 5.87. The standard InChI is InChI=1S/C11H7ClO5S/c12-10-7-4-2-1-3-6(7)8(11(13)14)5-9(10)18(15,16)17/h1-5H,(H,13,14)(H,15,16,17). The van der Waals surface area contributed by atoms with Gasteiger partial charge >= 0.3 is 5.97 Å². The molecule has 0 aromatic heterocycles. The molecule has 0 saturated carbocycles. The third-order valence-corrected chi connectivity index (χ3v) is 3.85. The van der Waals surface area contributed by atoms with Crippen molar-refractivity contribution >= 4 is 38.5 Å². The molecule has 0 heterocycles. The zero-order valence-electron chi connectivity index (χ0n) is 8.79. The lowest BCUT2D eigenvalue weighted by atomic mass is 10.0. The fourth-order valence-corrected chi connectivity index (χ4v) is 2.79. The highest BCUT2D eigenvalue weighted by atomic mass is 35.5. The van der Waals surface area contributed by atoms with Crippen molar-refractivity contribution in [1.82, 2.24) is 0 Å². The van der Waals surface area contributed by atoms with Crippen LogP contribution in [-0.4, -0.2) is 24.0 Å². The minimum Gasteiger partial charge on any atom is -0.478 e. The highest BCUT2D eigenvalue weighted by Gasteiger charge is 2.21. The highest BCUT2D eigenvalue weighted by Crippen LogP contribution is 2.32. The lowest BCUT2D eigenvalue weighted by Crippen LogP contribution is -2.05. The molecule has 0 bridgehead atoms. The van der Waals surface area contributed by atoms with E-state index in [2.05, 4.69) is 0 Å². The van der Waals surface area contributed by atoms with Crippen molar-refractivity contribution in [2.45, 2.75) is 4.90 Å². The van der Waals surface area contributed by atoms with Crippen LogP contribution in [0.3, 0.4) is 0 Å². The van der Waals surface area contributed by atoms with E-state index < -0.39 is 21.0 Å². The zero-order chi connectivity index (χ0) is 13.5. The van der Waals surface area contributed by atoms with Crippen LogP contribution in [0.1, 0.15) is 10.4 Å². The second-order valence-electron chi connectivity index (χ2n) is 3.56. The summed E-state index contributed by atoms with van der Waals surface area (Å²) in [6.45, 7) is 0. The number of hydrogen-bond acceptors (Lipinski definition) is 3. The van der Waals surface area contributed by atoms with E-state index in [0.717, 1.165) is 6.07 Å². The molecule has 0 aliphatic heterocycles. The van der Waals surface area contributed by atoms with Gasteiger partial charge in [0.1, 0.15) is 4.90 Å². The smallest absolute Gasteiger partial charge is 0.336 e. The first-order valence-electron chi connectivity index (χ1n) is 4.74. The van der Waals surface area contributed by atoms with Crippen LogP contribution in [0.4, 0.5) is 0 Å². The predicted molar refractivity (Wildman–Crippen MR) is 65.7 cm³/mol. The molecule has 0 atom stereocenters. The Bertz CT molecular complexity index is 751. The molecule has 0 saturated heterocycles. The van der Waals surface area contributed by atoms with Crippen molar-refractivity contribution < 1.29 is 22.9 Å². The van der Waals surface area contributed by atoms with Gasteiger partial charge in [-0.15, -0.1) is 0 Å². The molecule has 2 rings (SSSR count). The second kappa shape index (κ2) is 4.24. The first kappa shape index (κ1) is 12.8. The molecule has 0 aliphatic carbocycles. The van der Waals surface area contributed by atoms with Crippen LogP contribution in [0.5, 0.6) is 0 Å². The van der Waals surface area contributed by atoms with Gasteiger partial charge in [0.2, 0.25) is 0 Å². The molecule has 0 aliphatic rings. The Balaban J connectivity index is 3.02. The second-order valence-corrected chi connectivity index (χ2v) is 5.33. The van der Waals surface area contributed by atoms with Crippen molar-refractivity contribution in [2.24, 2.45) is 0 Å². The number of fused-ring (bicyclic) bond motifs is 1. The molecule has 0 spiro atoms. The van der Waals surface area contributed by atoms with Crippen molar-refractivity contribution in [1.29, 1.82) is 0 Å². The average Bonchev–Trinajstić information content (AvgIpc) is 2.27. The van der Waals surface area contributed by atoms with E-state index in [1.807, 2.05) is 0 Å². The Hall–Kier alpha value is -1.63. The van der Waals surface area contributed by atoms with Crippen LogP contribution in [0.15, 0.2) is 35.2 Å². The van der Waals surface area contributed by atoms with E-state index in [1.54, 1.807) is 12.1 Å². The molecule has 7 heteroatoms. The monoisotopic (exact) mass is 286 g/mol. The van der Waals surface area contributed by atoms with E-state index in [-0.39, 0.29) is 16.0 Å². The van der Waals surface area contributed by atoms with E-state index in [9.17, 15) is 13.2 Å². The number of carbonyl (C=O) groups is 1. The van der Waals surface area contributed by atoms with Gasteiger partial charge in [0.05, 0.1) is 10.6 Å². The lowest BCUT2D eigenvalue weighted by Gasteiger charge is -2.08. The highest BCUT2D eigenvalue weighted by molar-refractivity contribution is 7.86. The van der Waals surface area contributed by atoms with Crippen LogP contribution < -0.4 is 0 Å². The number of carboxylic acid groups (broad SMARTS) is 1. The Morgan fingerprint density at radius 1 is 1.17 bits per heavy atom. The molecule has 5 nitrogen and oxygen atoms in total. The summed E-state index contributed by atoms with van der Waals surface area (Å²) in [4.78, 5) is 10.5. The van der Waals surface area contributed by atoms with Gasteiger partial charge < -0.3 is 5.11 Å². The number of benzene rings is 2. The lowest BCUT2D eigenvalue weighted by molar-refractivity contribution is 0.0699. The molecule has 18 heavy (non-hydrogen) atoms. The number of rotatable bonds is 2. The largest absolute Gasteiger partial charge is 0.478 e. The van der Waals surface area contributed by atoms with E-state index in [0.29, 0.717) is 5.39 Å². The summed E-state index contributed by atoms with van der Waals surface area (Å²) < 4.78 is 31.3. The minimum atomic E-state index is -4.58. The van der Waals surface area contributed by atoms with Crippen molar-refractivity contribution in [3.8, 4) is 0 Å². The third kappa shape index (κ3) is 2.05. The zero-order valence-corrected chi connectivity index (χ0v) is 10.4. The van der Waals surface area contributed by atoms with Gasteiger partial charge in [-0.1, -0.05) is 35.9 Å². The van der Waals surface area contributed by atoms with E-state index in [4.69, 9.17) is 21.3 Å². The maximum Gasteiger partial charge on any atom is 0.336 e. The summed E-state index contributed by atoms with van der Waals surface area (Å²) in [5.74, 6) is -1.30. The molecule has 0 amide bonds. The normalized spacial score (nSPS) is 11.7. The summed E-state index contributed by atoms with van der Waals surface area (Å²) in [5, 5.41) is 9.41. The van der Waals surface area contributed by atoms with Crippen molar-refractivity contribution in [2.75, 3.05) is 0 Å². The number of carboxylic acids is 1. The van der Waals surface area contributed by atoms with E-state index >= 15 is 0 Å². The average molecular weight is 287 g/mol. The van der Waals surface area contributed by atoms with Crippen LogP contribution in [-0.2, 0) is 10.1 Å². The third-order valence-electron chi connectivity index (χ3n) is 2.45. The van der Waals surface area contributed by atoms with Crippen molar-refractivity contribution in [3.63, 3.8) is 0 Å². The molecule has 94 valence electrons. The Labute approximate surface area is 107 Å². The molecule has 2 N–H and O–H groups in total. The summed E-state index contributed by atoms with van der Waals surface area (Å²) in [6.07, 6.45) is 0. The van der Waals surface area contributed by atoms with Crippen LogP contribution >= 0.6 is 11.6 Å². The topological polar surface area (TPSA) is 91.7 Å². The maximum absolute atomic E-state index is 11.2.